The third-order valence-electron chi connectivity index (χ3n) is 1.32. The van der Waals surface area contributed by atoms with Crippen LogP contribution in [-0.4, -0.2) is 13.6 Å². The second-order valence-corrected chi connectivity index (χ2v) is 2.20. The van der Waals surface area contributed by atoms with Crippen LogP contribution in [0.5, 0.6) is 0 Å². The molecular formula is C9H17N. The molecule has 0 aromatic rings. The number of allylic oxidation sites excluding steroid dienone is 2. The first-order valence-corrected chi connectivity index (χ1v) is 3.81. The zero-order chi connectivity index (χ0) is 7.82. The van der Waals surface area contributed by atoms with Crippen molar-refractivity contribution < 1.29 is 0 Å². The summed E-state index contributed by atoms with van der Waals surface area (Å²) in [6.45, 7) is 5.17. The lowest BCUT2D eigenvalue weighted by Crippen LogP contribution is -2.08. The zero-order valence-corrected chi connectivity index (χ0v) is 7.15. The molecule has 0 amide bonds. The minimum absolute atomic E-state index is 0.965. The molecule has 0 rings (SSSR count). The number of nitrogens with one attached hydrogen (secondary N) is 1. The van der Waals surface area contributed by atoms with E-state index in [1.165, 1.54) is 5.57 Å². The molecule has 0 aliphatic rings. The van der Waals surface area contributed by atoms with Crippen LogP contribution in [-0.2, 0) is 0 Å². The molecule has 1 N–H and O–H groups in total. The fourth-order valence-electron chi connectivity index (χ4n) is 0.731. The Morgan fingerprint density at radius 3 is 2.60 bits per heavy atom. The van der Waals surface area contributed by atoms with Crippen LogP contribution in [0.2, 0.25) is 0 Å². The summed E-state index contributed by atoms with van der Waals surface area (Å²) < 4.78 is 0. The van der Waals surface area contributed by atoms with E-state index >= 15 is 0 Å². The largest absolute Gasteiger partial charge is 0.316 e. The Morgan fingerprint density at radius 1 is 1.50 bits per heavy atom. The van der Waals surface area contributed by atoms with Gasteiger partial charge in [0.15, 0.2) is 0 Å². The Bertz CT molecular complexity index is 123. The molecule has 0 aromatic heterocycles. The summed E-state index contributed by atoms with van der Waals surface area (Å²) in [6, 6.07) is 0. The lowest BCUT2D eigenvalue weighted by atomic mass is 10.2. The molecule has 0 spiro atoms. The first kappa shape index (κ1) is 9.44. The summed E-state index contributed by atoms with van der Waals surface area (Å²) in [5.41, 5.74) is 1.35. The second-order valence-electron chi connectivity index (χ2n) is 2.20. The fourth-order valence-corrected chi connectivity index (χ4v) is 0.731. The van der Waals surface area contributed by atoms with Crippen LogP contribution in [0.15, 0.2) is 23.8 Å². The molecule has 0 aliphatic carbocycles. The van der Waals surface area contributed by atoms with E-state index in [1.54, 1.807) is 0 Å². The Balaban J connectivity index is 3.72. The summed E-state index contributed by atoms with van der Waals surface area (Å²) >= 11 is 0. The molecule has 1 nitrogen and oxygen atoms in total. The summed E-state index contributed by atoms with van der Waals surface area (Å²) in [5.74, 6) is 0. The van der Waals surface area contributed by atoms with Crippen LogP contribution < -0.4 is 5.32 Å². The Labute approximate surface area is 63.8 Å². The lowest BCUT2D eigenvalue weighted by Gasteiger charge is -1.97. The van der Waals surface area contributed by atoms with Crippen LogP contribution >= 0.6 is 0 Å². The number of likely N-dealkylation sites (N-methyl/N-ethyl adjacent to an activating group) is 1. The maximum atomic E-state index is 3.11. The highest BCUT2D eigenvalue weighted by atomic mass is 14.8. The number of hydrogen-bond donors (Lipinski definition) is 1. The predicted octanol–water partition coefficient (Wildman–Crippen LogP) is 2.12. The van der Waals surface area contributed by atoms with E-state index in [9.17, 15) is 0 Å². The van der Waals surface area contributed by atoms with E-state index < -0.39 is 0 Å². The Morgan fingerprint density at radius 2 is 2.20 bits per heavy atom. The van der Waals surface area contributed by atoms with Crippen molar-refractivity contribution in [3.63, 3.8) is 0 Å². The van der Waals surface area contributed by atoms with Gasteiger partial charge in [-0.05, 0) is 26.0 Å². The maximum absolute atomic E-state index is 3.11. The highest BCUT2D eigenvalue weighted by molar-refractivity contribution is 5.18. The molecule has 0 fully saturated rings. The molecule has 0 saturated carbocycles. The van der Waals surface area contributed by atoms with Gasteiger partial charge in [0.1, 0.15) is 0 Å². The molecule has 0 saturated heterocycles. The topological polar surface area (TPSA) is 12.0 Å². The minimum Gasteiger partial charge on any atom is -0.316 e. The standard InChI is InChI=1S/C9H17N/c1-4-6-7-9(5-2)8-10-3/h5-7,10H,4,8H2,1-3H3/b7-6+,9-5-. The van der Waals surface area contributed by atoms with Gasteiger partial charge in [-0.1, -0.05) is 25.2 Å². The number of rotatable bonds is 4. The maximum Gasteiger partial charge on any atom is 0.0199 e. The van der Waals surface area contributed by atoms with Gasteiger partial charge in [0, 0.05) is 6.54 Å². The van der Waals surface area contributed by atoms with Crippen molar-refractivity contribution in [2.45, 2.75) is 20.3 Å². The third kappa shape index (κ3) is 4.33. The van der Waals surface area contributed by atoms with Crippen molar-refractivity contribution in [3.8, 4) is 0 Å². The van der Waals surface area contributed by atoms with Gasteiger partial charge in [0.25, 0.3) is 0 Å². The molecule has 1 heteroatoms. The van der Waals surface area contributed by atoms with E-state index in [-0.39, 0.29) is 0 Å². The molecule has 0 bridgehead atoms. The first-order chi connectivity index (χ1) is 4.85. The summed E-state index contributed by atoms with van der Waals surface area (Å²) in [5, 5.41) is 3.11. The van der Waals surface area contributed by atoms with Crippen LogP contribution in [0.3, 0.4) is 0 Å². The van der Waals surface area contributed by atoms with Crippen molar-refractivity contribution in [2.75, 3.05) is 13.6 Å². The normalized spacial score (nSPS) is 12.9. The van der Waals surface area contributed by atoms with Crippen LogP contribution in [0, 0.1) is 0 Å². The highest BCUT2D eigenvalue weighted by Crippen LogP contribution is 1.95. The monoisotopic (exact) mass is 139 g/mol. The molecule has 0 aliphatic heterocycles. The fraction of sp³-hybridized carbons (Fsp3) is 0.556. The molecule has 58 valence electrons. The van der Waals surface area contributed by atoms with Crippen LogP contribution in [0.25, 0.3) is 0 Å². The van der Waals surface area contributed by atoms with E-state index in [4.69, 9.17) is 0 Å². The van der Waals surface area contributed by atoms with Crippen molar-refractivity contribution in [1.82, 2.24) is 5.32 Å². The van der Waals surface area contributed by atoms with Crippen molar-refractivity contribution >= 4 is 0 Å². The van der Waals surface area contributed by atoms with Crippen molar-refractivity contribution in [1.29, 1.82) is 0 Å². The smallest absolute Gasteiger partial charge is 0.0199 e. The second kappa shape index (κ2) is 6.56. The average Bonchev–Trinajstić information content (AvgIpc) is 1.98. The van der Waals surface area contributed by atoms with Gasteiger partial charge in [0.2, 0.25) is 0 Å². The predicted molar refractivity (Wildman–Crippen MR) is 47.1 cm³/mol. The average molecular weight is 139 g/mol. The summed E-state index contributed by atoms with van der Waals surface area (Å²) in [4.78, 5) is 0. The minimum atomic E-state index is 0.965. The molecule has 0 radical (unpaired) electrons. The summed E-state index contributed by atoms with van der Waals surface area (Å²) in [6.07, 6.45) is 7.58. The van der Waals surface area contributed by atoms with Gasteiger partial charge in [-0.3, -0.25) is 0 Å². The van der Waals surface area contributed by atoms with E-state index in [0.717, 1.165) is 13.0 Å². The van der Waals surface area contributed by atoms with Gasteiger partial charge in [-0.15, -0.1) is 0 Å². The molecule has 0 unspecified atom stereocenters. The Kier molecular flexibility index (Phi) is 6.19. The quantitative estimate of drug-likeness (QED) is 0.588. The SMILES string of the molecule is C/C=C(/C=C/CC)CNC. The van der Waals surface area contributed by atoms with Gasteiger partial charge >= 0.3 is 0 Å². The summed E-state index contributed by atoms with van der Waals surface area (Å²) in [7, 11) is 1.96. The van der Waals surface area contributed by atoms with E-state index in [1.807, 2.05) is 7.05 Å². The highest BCUT2D eigenvalue weighted by Gasteiger charge is 1.84. The van der Waals surface area contributed by atoms with Gasteiger partial charge in [-0.25, -0.2) is 0 Å². The third-order valence-corrected chi connectivity index (χ3v) is 1.32. The number of hydrogen-bond acceptors (Lipinski definition) is 1. The molecule has 0 aromatic carbocycles. The van der Waals surface area contributed by atoms with E-state index in [2.05, 4.69) is 37.4 Å². The molecule has 0 atom stereocenters. The Hall–Kier alpha value is -0.560. The van der Waals surface area contributed by atoms with Crippen molar-refractivity contribution in [3.05, 3.63) is 23.8 Å². The molecular weight excluding hydrogens is 122 g/mol. The molecule has 10 heavy (non-hydrogen) atoms. The zero-order valence-electron chi connectivity index (χ0n) is 7.15. The lowest BCUT2D eigenvalue weighted by molar-refractivity contribution is 0.893. The first-order valence-electron chi connectivity index (χ1n) is 3.81. The van der Waals surface area contributed by atoms with Crippen LogP contribution in [0.4, 0.5) is 0 Å². The van der Waals surface area contributed by atoms with Crippen molar-refractivity contribution in [2.24, 2.45) is 0 Å². The van der Waals surface area contributed by atoms with Gasteiger partial charge < -0.3 is 5.32 Å². The van der Waals surface area contributed by atoms with E-state index in [0.29, 0.717) is 0 Å². The van der Waals surface area contributed by atoms with Crippen LogP contribution in [0.1, 0.15) is 20.3 Å². The van der Waals surface area contributed by atoms with Gasteiger partial charge in [-0.2, -0.15) is 0 Å². The molecule has 0 heterocycles. The van der Waals surface area contributed by atoms with Gasteiger partial charge in [0.05, 0.1) is 0 Å².